The van der Waals surface area contributed by atoms with Crippen LogP contribution in [0.2, 0.25) is 0 Å². The van der Waals surface area contributed by atoms with Crippen LogP contribution in [0.5, 0.6) is 5.75 Å². The predicted molar refractivity (Wildman–Crippen MR) is 83.0 cm³/mol. The molecule has 0 aliphatic carbocycles. The van der Waals surface area contributed by atoms with Crippen LogP contribution in [0.25, 0.3) is 0 Å². The first kappa shape index (κ1) is 16.3. The molecule has 2 unspecified atom stereocenters. The second kappa shape index (κ2) is 9.23. The predicted octanol–water partition coefficient (Wildman–Crippen LogP) is 2.85. The molecule has 2 N–H and O–H groups in total. The second-order valence-corrected chi connectivity index (χ2v) is 5.99. The van der Waals surface area contributed by atoms with E-state index < -0.39 is 0 Å². The minimum Gasteiger partial charge on any atom is -0.497 e. The van der Waals surface area contributed by atoms with Crippen LogP contribution in [-0.2, 0) is 0 Å². The molecule has 0 amide bonds. The Bertz CT molecular complexity index is 343. The first-order chi connectivity index (χ1) is 9.22. The highest BCUT2D eigenvalue weighted by molar-refractivity contribution is 7.99. The normalized spacial score (nSPS) is 14.1. The molecule has 0 spiro atoms. The van der Waals surface area contributed by atoms with Crippen molar-refractivity contribution >= 4 is 11.8 Å². The number of rotatable bonds is 9. The van der Waals surface area contributed by atoms with Crippen LogP contribution >= 0.6 is 11.8 Å². The van der Waals surface area contributed by atoms with E-state index in [1.54, 1.807) is 18.9 Å². The molecule has 0 aliphatic heterocycles. The summed E-state index contributed by atoms with van der Waals surface area (Å²) in [6.45, 7) is 5.61. The molecular weight excluding hydrogens is 258 g/mol. The van der Waals surface area contributed by atoms with Crippen LogP contribution in [-0.4, -0.2) is 36.4 Å². The smallest absolute Gasteiger partial charge is 0.118 e. The molecule has 3 nitrogen and oxygen atoms in total. The molecule has 108 valence electrons. The third-order valence-electron chi connectivity index (χ3n) is 3.03. The molecular formula is C15H25NO2S. The van der Waals surface area contributed by atoms with E-state index in [4.69, 9.17) is 9.84 Å². The summed E-state index contributed by atoms with van der Waals surface area (Å²) < 4.78 is 5.20. The lowest BCUT2D eigenvalue weighted by molar-refractivity contribution is 0.322. The minimum absolute atomic E-state index is 0.234. The lowest BCUT2D eigenvalue weighted by atomic mass is 10.0. The zero-order chi connectivity index (χ0) is 14.1. The molecule has 0 saturated carbocycles. The topological polar surface area (TPSA) is 41.5 Å². The van der Waals surface area contributed by atoms with E-state index in [9.17, 15) is 0 Å². The van der Waals surface area contributed by atoms with Crippen LogP contribution < -0.4 is 10.1 Å². The summed E-state index contributed by atoms with van der Waals surface area (Å²) in [6.07, 6.45) is 1.12. The number of ether oxygens (including phenoxy) is 1. The van der Waals surface area contributed by atoms with Gasteiger partial charge in [0.2, 0.25) is 0 Å². The number of aliphatic hydroxyl groups is 1. The average Bonchev–Trinajstić information content (AvgIpc) is 2.46. The molecule has 19 heavy (non-hydrogen) atoms. The summed E-state index contributed by atoms with van der Waals surface area (Å²) in [5.74, 6) is 1.66. The molecule has 1 aromatic carbocycles. The molecule has 0 aromatic heterocycles. The van der Waals surface area contributed by atoms with Crippen molar-refractivity contribution in [1.29, 1.82) is 0 Å². The largest absolute Gasteiger partial charge is 0.497 e. The Morgan fingerprint density at radius 3 is 2.53 bits per heavy atom. The summed E-state index contributed by atoms with van der Waals surface area (Å²) in [5.41, 5.74) is 1.27. The fraction of sp³-hybridized carbons (Fsp3) is 0.600. The van der Waals surface area contributed by atoms with E-state index >= 15 is 0 Å². The number of hydrogen-bond donors (Lipinski definition) is 2. The fourth-order valence-corrected chi connectivity index (χ4v) is 2.92. The van der Waals surface area contributed by atoms with Crippen LogP contribution in [0.1, 0.15) is 31.9 Å². The van der Waals surface area contributed by atoms with Crippen molar-refractivity contribution in [3.8, 4) is 5.75 Å². The second-order valence-electron chi connectivity index (χ2n) is 4.50. The Labute approximate surface area is 120 Å². The van der Waals surface area contributed by atoms with E-state index in [1.807, 2.05) is 12.1 Å². The molecule has 0 saturated heterocycles. The van der Waals surface area contributed by atoms with Crippen LogP contribution in [0.3, 0.4) is 0 Å². The van der Waals surface area contributed by atoms with Crippen molar-refractivity contribution < 1.29 is 9.84 Å². The summed E-state index contributed by atoms with van der Waals surface area (Å²) in [4.78, 5) is 0. The highest BCUT2D eigenvalue weighted by atomic mass is 32.2. The van der Waals surface area contributed by atoms with E-state index in [1.165, 1.54) is 5.56 Å². The molecule has 0 aliphatic rings. The maximum atomic E-state index is 8.95. The summed E-state index contributed by atoms with van der Waals surface area (Å²) in [7, 11) is 1.68. The van der Waals surface area contributed by atoms with Gasteiger partial charge >= 0.3 is 0 Å². The van der Waals surface area contributed by atoms with Crippen molar-refractivity contribution in [2.45, 2.75) is 31.6 Å². The maximum absolute atomic E-state index is 8.95. The van der Waals surface area contributed by atoms with Crippen LogP contribution in [0, 0.1) is 0 Å². The third kappa shape index (κ3) is 5.43. The van der Waals surface area contributed by atoms with Crippen molar-refractivity contribution in [3.05, 3.63) is 29.8 Å². The molecule has 0 bridgehead atoms. The maximum Gasteiger partial charge on any atom is 0.118 e. The standard InChI is InChI=1S/C15H25NO2S/c1-4-9-16-15(12(2)19-11-10-17)13-5-7-14(18-3)8-6-13/h5-8,12,15-17H,4,9-11H2,1-3H3. The number of nitrogens with one attached hydrogen (secondary N) is 1. The summed E-state index contributed by atoms with van der Waals surface area (Å²) in [6, 6.07) is 8.53. The minimum atomic E-state index is 0.234. The third-order valence-corrected chi connectivity index (χ3v) is 4.25. The van der Waals surface area contributed by atoms with E-state index in [-0.39, 0.29) is 6.61 Å². The first-order valence-electron chi connectivity index (χ1n) is 6.82. The molecule has 1 aromatic rings. The van der Waals surface area contributed by atoms with E-state index in [0.29, 0.717) is 11.3 Å². The van der Waals surface area contributed by atoms with Crippen molar-refractivity contribution in [3.63, 3.8) is 0 Å². The van der Waals surface area contributed by atoms with Gasteiger partial charge in [-0.05, 0) is 30.7 Å². The van der Waals surface area contributed by atoms with E-state index in [0.717, 1.165) is 24.5 Å². The molecule has 0 radical (unpaired) electrons. The lowest BCUT2D eigenvalue weighted by Gasteiger charge is -2.25. The van der Waals surface area contributed by atoms with Crippen LogP contribution in [0.4, 0.5) is 0 Å². The van der Waals surface area contributed by atoms with Gasteiger partial charge in [-0.3, -0.25) is 0 Å². The Morgan fingerprint density at radius 2 is 2.00 bits per heavy atom. The SMILES string of the molecule is CCCNC(c1ccc(OC)cc1)C(C)SCCO. The summed E-state index contributed by atoms with van der Waals surface area (Å²) in [5, 5.41) is 13.0. The van der Waals surface area contributed by atoms with E-state index in [2.05, 4.69) is 31.3 Å². The monoisotopic (exact) mass is 283 g/mol. The van der Waals surface area contributed by atoms with Gasteiger partial charge in [-0.15, -0.1) is 0 Å². The first-order valence-corrected chi connectivity index (χ1v) is 7.87. The molecule has 0 fully saturated rings. The number of thioether (sulfide) groups is 1. The Kier molecular flexibility index (Phi) is 7.94. The van der Waals surface area contributed by atoms with Gasteiger partial charge < -0.3 is 15.2 Å². The van der Waals surface area contributed by atoms with Crippen molar-refractivity contribution in [2.75, 3.05) is 26.0 Å². The van der Waals surface area contributed by atoms with Gasteiger partial charge in [0.05, 0.1) is 13.7 Å². The van der Waals surface area contributed by atoms with Crippen LogP contribution in [0.15, 0.2) is 24.3 Å². The lowest BCUT2D eigenvalue weighted by Crippen LogP contribution is -2.29. The number of hydrogen-bond acceptors (Lipinski definition) is 4. The molecule has 4 heteroatoms. The fourth-order valence-electron chi connectivity index (χ4n) is 2.00. The van der Waals surface area contributed by atoms with Crippen molar-refractivity contribution in [1.82, 2.24) is 5.32 Å². The highest BCUT2D eigenvalue weighted by Gasteiger charge is 2.18. The summed E-state index contributed by atoms with van der Waals surface area (Å²) >= 11 is 1.80. The quantitative estimate of drug-likeness (QED) is 0.731. The number of aliphatic hydroxyl groups excluding tert-OH is 1. The Balaban J connectivity index is 2.75. The average molecular weight is 283 g/mol. The van der Waals surface area contributed by atoms with Gasteiger partial charge in [-0.1, -0.05) is 26.0 Å². The highest BCUT2D eigenvalue weighted by Crippen LogP contribution is 2.27. The number of methoxy groups -OCH3 is 1. The van der Waals surface area contributed by atoms with Gasteiger partial charge in [0.15, 0.2) is 0 Å². The van der Waals surface area contributed by atoms with Crippen molar-refractivity contribution in [2.24, 2.45) is 0 Å². The molecule has 0 heterocycles. The van der Waals surface area contributed by atoms with Gasteiger partial charge in [0.1, 0.15) is 5.75 Å². The Hall–Kier alpha value is -0.710. The van der Waals surface area contributed by atoms with Gasteiger partial charge in [0, 0.05) is 17.0 Å². The van der Waals surface area contributed by atoms with Gasteiger partial charge in [-0.25, -0.2) is 0 Å². The Morgan fingerprint density at radius 1 is 1.32 bits per heavy atom. The number of benzene rings is 1. The van der Waals surface area contributed by atoms with Gasteiger partial charge in [-0.2, -0.15) is 11.8 Å². The molecule has 2 atom stereocenters. The zero-order valence-electron chi connectivity index (χ0n) is 12.1. The zero-order valence-corrected chi connectivity index (χ0v) is 12.9. The molecule has 1 rings (SSSR count). The van der Waals surface area contributed by atoms with Gasteiger partial charge in [0.25, 0.3) is 0 Å².